The Balaban J connectivity index is 1.38. The maximum Gasteiger partial charge on any atom is 0.410 e. The number of rotatable bonds is 2. The molecule has 29 heavy (non-hydrogen) atoms. The predicted molar refractivity (Wildman–Crippen MR) is 112 cm³/mol. The highest BCUT2D eigenvalue weighted by molar-refractivity contribution is 5.90. The van der Waals surface area contributed by atoms with Crippen LogP contribution in [0.5, 0.6) is 0 Å². The Morgan fingerprint density at radius 2 is 1.97 bits per heavy atom. The molecule has 0 saturated carbocycles. The summed E-state index contributed by atoms with van der Waals surface area (Å²) in [5, 5.41) is 4.31. The normalized spacial score (nSPS) is 21.0. The average molecular weight is 400 g/mol. The van der Waals surface area contributed by atoms with Gasteiger partial charge in [0.25, 0.3) is 0 Å². The fourth-order valence-electron chi connectivity index (χ4n) is 4.32. The molecule has 0 aromatic heterocycles. The molecule has 1 spiro atoms. The van der Waals surface area contributed by atoms with Crippen molar-refractivity contribution in [1.29, 1.82) is 0 Å². The molecule has 1 aromatic carbocycles. The van der Waals surface area contributed by atoms with Crippen LogP contribution in [-0.2, 0) is 4.74 Å². The third kappa shape index (κ3) is 3.88. The lowest BCUT2D eigenvalue weighted by Gasteiger charge is -2.57. The highest BCUT2D eigenvalue weighted by atomic mass is 19.1. The number of fused-ring (bicyclic) bond motifs is 1. The summed E-state index contributed by atoms with van der Waals surface area (Å²) in [6.07, 6.45) is 5.01. The van der Waals surface area contributed by atoms with E-state index in [1.165, 1.54) is 6.08 Å². The zero-order chi connectivity index (χ0) is 20.8. The molecule has 0 atom stereocenters. The molecule has 1 aromatic rings. The Hall–Kier alpha value is -2.41. The van der Waals surface area contributed by atoms with E-state index in [-0.39, 0.29) is 17.3 Å². The highest BCUT2D eigenvalue weighted by Crippen LogP contribution is 2.43. The van der Waals surface area contributed by atoms with Gasteiger partial charge in [-0.25, -0.2) is 14.2 Å². The van der Waals surface area contributed by atoms with Gasteiger partial charge in [0.15, 0.2) is 0 Å². The maximum atomic E-state index is 14.3. The van der Waals surface area contributed by atoms with Crippen molar-refractivity contribution in [2.45, 2.75) is 39.2 Å². The van der Waals surface area contributed by atoms with Gasteiger partial charge in [0.05, 0.1) is 5.69 Å². The van der Waals surface area contributed by atoms with Crippen LogP contribution in [0.4, 0.5) is 14.9 Å². The summed E-state index contributed by atoms with van der Waals surface area (Å²) >= 11 is 0. The summed E-state index contributed by atoms with van der Waals surface area (Å²) in [4.78, 5) is 18.5. The highest BCUT2D eigenvalue weighted by Gasteiger charge is 2.48. The first-order valence-electron chi connectivity index (χ1n) is 10.2. The molecular weight excluding hydrogens is 371 g/mol. The van der Waals surface area contributed by atoms with E-state index >= 15 is 0 Å². The summed E-state index contributed by atoms with van der Waals surface area (Å²) in [5.74, 6) is -0.264. The molecule has 2 saturated heterocycles. The summed E-state index contributed by atoms with van der Waals surface area (Å²) in [7, 11) is 0. The predicted octanol–water partition coefficient (Wildman–Crippen LogP) is 3.91. The molecule has 3 heterocycles. The first-order chi connectivity index (χ1) is 13.7. The molecule has 0 aliphatic carbocycles. The number of piperidine rings is 1. The van der Waals surface area contributed by atoms with Crippen molar-refractivity contribution >= 4 is 24.1 Å². The lowest BCUT2D eigenvalue weighted by atomic mass is 9.73. The number of carbonyl (C=O) groups is 1. The van der Waals surface area contributed by atoms with Crippen LogP contribution in [0, 0.1) is 11.2 Å². The number of carbonyl (C=O) groups excluding carboxylic acids is 1. The fraction of sp³-hybridized carbons (Fsp3) is 0.545. The van der Waals surface area contributed by atoms with Crippen LogP contribution < -0.4 is 5.01 Å². The molecule has 2 fully saturated rings. The van der Waals surface area contributed by atoms with Crippen molar-refractivity contribution < 1.29 is 13.9 Å². The summed E-state index contributed by atoms with van der Waals surface area (Å²) < 4.78 is 19.8. The second kappa shape index (κ2) is 7.13. The molecule has 3 aliphatic rings. The fourth-order valence-corrected chi connectivity index (χ4v) is 4.32. The van der Waals surface area contributed by atoms with Gasteiger partial charge in [-0.15, -0.1) is 0 Å². The van der Waals surface area contributed by atoms with E-state index < -0.39 is 5.60 Å². The second-order valence-electron chi connectivity index (χ2n) is 9.28. The average Bonchev–Trinajstić information content (AvgIpc) is 2.64. The standard InChI is InChI=1S/C22H29FN4O2/c1-5-16-10-17-12-24-15-27(19(17)11-18(16)23)26-13-22(14-26)6-8-25(9-7-22)20(28)29-21(2,3)4/h5,10-12H,1,6-9,13-15H2,2-4H3. The van der Waals surface area contributed by atoms with E-state index in [1.54, 1.807) is 18.3 Å². The first kappa shape index (κ1) is 19.9. The van der Waals surface area contributed by atoms with Crippen molar-refractivity contribution in [2.75, 3.05) is 37.9 Å². The lowest BCUT2D eigenvalue weighted by Crippen LogP contribution is -2.66. The van der Waals surface area contributed by atoms with Gasteiger partial charge in [-0.05, 0) is 45.7 Å². The number of hydrazine groups is 1. The molecule has 3 aliphatic heterocycles. The van der Waals surface area contributed by atoms with Gasteiger partial charge < -0.3 is 9.64 Å². The zero-order valence-corrected chi connectivity index (χ0v) is 17.4. The van der Waals surface area contributed by atoms with Gasteiger partial charge in [-0.1, -0.05) is 12.7 Å². The molecule has 1 amide bonds. The van der Waals surface area contributed by atoms with Crippen LogP contribution in [-0.4, -0.2) is 60.7 Å². The number of halogens is 1. The Kier molecular flexibility index (Phi) is 4.89. The largest absolute Gasteiger partial charge is 0.444 e. The van der Waals surface area contributed by atoms with Crippen molar-refractivity contribution in [2.24, 2.45) is 10.4 Å². The van der Waals surface area contributed by atoms with Crippen molar-refractivity contribution in [3.05, 3.63) is 35.7 Å². The quantitative estimate of drug-likeness (QED) is 0.755. The number of ether oxygens (including phenoxy) is 1. The van der Waals surface area contributed by atoms with Crippen LogP contribution in [0.15, 0.2) is 23.7 Å². The number of aliphatic imine (C=N–C) groups is 1. The van der Waals surface area contributed by atoms with Gasteiger partial charge in [-0.2, -0.15) is 0 Å². The van der Waals surface area contributed by atoms with Gasteiger partial charge in [0.1, 0.15) is 18.1 Å². The van der Waals surface area contributed by atoms with Crippen molar-refractivity contribution in [3.8, 4) is 0 Å². The van der Waals surface area contributed by atoms with E-state index in [4.69, 9.17) is 4.74 Å². The topological polar surface area (TPSA) is 48.4 Å². The Labute approximate surface area is 171 Å². The van der Waals surface area contributed by atoms with Crippen molar-refractivity contribution in [1.82, 2.24) is 9.91 Å². The van der Waals surface area contributed by atoms with Crippen LogP contribution >= 0.6 is 0 Å². The van der Waals surface area contributed by atoms with E-state index in [2.05, 4.69) is 21.6 Å². The van der Waals surface area contributed by atoms with E-state index in [9.17, 15) is 9.18 Å². The third-order valence-electron chi connectivity index (χ3n) is 5.94. The number of benzene rings is 1. The van der Waals surface area contributed by atoms with E-state index in [1.807, 2.05) is 25.7 Å². The second-order valence-corrected chi connectivity index (χ2v) is 9.28. The first-order valence-corrected chi connectivity index (χ1v) is 10.2. The molecule has 4 rings (SSSR count). The summed E-state index contributed by atoms with van der Waals surface area (Å²) in [5.41, 5.74) is 1.99. The molecular formula is C22H29FN4O2. The lowest BCUT2D eigenvalue weighted by molar-refractivity contribution is -0.0567. The molecule has 0 unspecified atom stereocenters. The van der Waals surface area contributed by atoms with Crippen molar-refractivity contribution in [3.63, 3.8) is 0 Å². The molecule has 0 bridgehead atoms. The smallest absolute Gasteiger partial charge is 0.410 e. The minimum atomic E-state index is -0.470. The van der Waals surface area contributed by atoms with E-state index in [0.717, 1.165) is 50.3 Å². The summed E-state index contributed by atoms with van der Waals surface area (Å²) in [6, 6.07) is 3.37. The minimum absolute atomic E-state index is 0.208. The molecule has 6 nitrogen and oxygen atoms in total. The van der Waals surface area contributed by atoms with Gasteiger partial charge in [0.2, 0.25) is 0 Å². The number of amides is 1. The monoisotopic (exact) mass is 400 g/mol. The number of likely N-dealkylation sites (tertiary alicyclic amines) is 1. The maximum absolute atomic E-state index is 14.3. The summed E-state index contributed by atoms with van der Waals surface area (Å²) in [6.45, 7) is 13.1. The minimum Gasteiger partial charge on any atom is -0.444 e. The number of hydrogen-bond donors (Lipinski definition) is 0. The van der Waals surface area contributed by atoms with E-state index in [0.29, 0.717) is 12.2 Å². The zero-order valence-electron chi connectivity index (χ0n) is 17.4. The van der Waals surface area contributed by atoms with Gasteiger partial charge in [-0.3, -0.25) is 10.0 Å². The molecule has 0 N–H and O–H groups in total. The number of nitrogens with zero attached hydrogens (tertiary/aromatic N) is 4. The Bertz CT molecular complexity index is 845. The Morgan fingerprint density at radius 1 is 1.28 bits per heavy atom. The van der Waals surface area contributed by atoms with Crippen LogP contribution in [0.1, 0.15) is 44.7 Å². The SMILES string of the molecule is C=Cc1cc2c(cc1F)N(N1CC3(CCN(C(=O)OC(C)(C)C)CC3)C1)CN=C2. The van der Waals surface area contributed by atoms with Gasteiger partial charge in [0, 0.05) is 48.9 Å². The van der Waals surface area contributed by atoms with Crippen LogP contribution in [0.2, 0.25) is 0 Å². The third-order valence-corrected chi connectivity index (χ3v) is 5.94. The Morgan fingerprint density at radius 3 is 2.59 bits per heavy atom. The van der Waals surface area contributed by atoms with Crippen LogP contribution in [0.3, 0.4) is 0 Å². The van der Waals surface area contributed by atoms with Gasteiger partial charge >= 0.3 is 6.09 Å². The molecule has 0 radical (unpaired) electrons. The molecule has 156 valence electrons. The number of anilines is 1. The number of hydrogen-bond acceptors (Lipinski definition) is 5. The van der Waals surface area contributed by atoms with Crippen LogP contribution in [0.25, 0.3) is 6.08 Å². The molecule has 7 heteroatoms.